The second-order valence-corrected chi connectivity index (χ2v) is 9.40. The summed E-state index contributed by atoms with van der Waals surface area (Å²) in [7, 11) is 0. The molecule has 8 nitrogen and oxygen atoms in total. The molecule has 0 aliphatic carbocycles. The Hall–Kier alpha value is -3.55. The van der Waals surface area contributed by atoms with Crippen LogP contribution in [0.4, 0.5) is 0 Å². The van der Waals surface area contributed by atoms with Crippen LogP contribution in [-0.2, 0) is 4.79 Å². The molecule has 2 aromatic rings. The van der Waals surface area contributed by atoms with E-state index in [0.29, 0.717) is 48.6 Å². The monoisotopic (exact) mass is 477 g/mol. The topological polar surface area (TPSA) is 88.2 Å². The van der Waals surface area contributed by atoms with E-state index in [2.05, 4.69) is 5.32 Å². The number of nitrogens with one attached hydrogen (secondary N) is 1. The van der Waals surface area contributed by atoms with Gasteiger partial charge in [0.25, 0.3) is 11.8 Å². The number of ether oxygens (including phenoxy) is 2. The van der Waals surface area contributed by atoms with Crippen LogP contribution in [0.5, 0.6) is 11.5 Å². The average molecular weight is 478 g/mol. The molecule has 5 rings (SSSR count). The van der Waals surface area contributed by atoms with Gasteiger partial charge in [-0.1, -0.05) is 18.2 Å². The number of nitrogens with zero attached hydrogens (tertiary/aromatic N) is 2. The summed E-state index contributed by atoms with van der Waals surface area (Å²) in [6, 6.07) is 13.6. The lowest BCUT2D eigenvalue weighted by molar-refractivity contribution is -0.136. The maximum absolute atomic E-state index is 13.5. The minimum Gasteiger partial charge on any atom is -0.454 e. The third-order valence-corrected chi connectivity index (χ3v) is 7.17. The van der Waals surface area contributed by atoms with Gasteiger partial charge >= 0.3 is 0 Å². The van der Waals surface area contributed by atoms with Crippen LogP contribution in [0, 0.1) is 5.92 Å². The fourth-order valence-electron chi connectivity index (χ4n) is 5.15. The molecule has 3 aliphatic rings. The number of carbonyl (C=O) groups excluding carboxylic acids is 3. The van der Waals surface area contributed by atoms with E-state index in [-0.39, 0.29) is 30.4 Å². The van der Waals surface area contributed by atoms with Crippen molar-refractivity contribution in [3.05, 3.63) is 59.7 Å². The Morgan fingerprint density at radius 3 is 2.26 bits per heavy atom. The molecule has 1 N–H and O–H groups in total. The van der Waals surface area contributed by atoms with Crippen molar-refractivity contribution in [2.24, 2.45) is 5.92 Å². The second-order valence-electron chi connectivity index (χ2n) is 9.40. The molecule has 2 saturated heterocycles. The van der Waals surface area contributed by atoms with Crippen LogP contribution < -0.4 is 14.8 Å². The molecule has 3 heterocycles. The van der Waals surface area contributed by atoms with Crippen LogP contribution in [0.25, 0.3) is 0 Å². The zero-order valence-electron chi connectivity index (χ0n) is 19.8. The molecule has 8 heteroatoms. The molecule has 3 aliphatic heterocycles. The number of benzene rings is 2. The first-order valence-corrected chi connectivity index (χ1v) is 12.4. The number of hydrogen-bond donors (Lipinski definition) is 1. The molecule has 2 fully saturated rings. The van der Waals surface area contributed by atoms with Crippen molar-refractivity contribution in [1.29, 1.82) is 0 Å². The summed E-state index contributed by atoms with van der Waals surface area (Å²) in [6.07, 6.45) is 4.41. The van der Waals surface area contributed by atoms with E-state index < -0.39 is 6.04 Å². The van der Waals surface area contributed by atoms with Gasteiger partial charge in [0.15, 0.2) is 11.5 Å². The summed E-state index contributed by atoms with van der Waals surface area (Å²) in [5.41, 5.74) is 1.10. The lowest BCUT2D eigenvalue weighted by Gasteiger charge is -2.38. The van der Waals surface area contributed by atoms with Gasteiger partial charge in [0.2, 0.25) is 12.7 Å². The van der Waals surface area contributed by atoms with Gasteiger partial charge in [-0.05, 0) is 68.4 Å². The molecule has 2 aromatic carbocycles. The maximum atomic E-state index is 13.5. The Labute approximate surface area is 205 Å². The normalized spacial score (nSPS) is 18.7. The van der Waals surface area contributed by atoms with Crippen molar-refractivity contribution in [3.8, 4) is 11.5 Å². The Morgan fingerprint density at radius 2 is 1.51 bits per heavy atom. The van der Waals surface area contributed by atoms with Crippen LogP contribution in [-0.4, -0.2) is 66.5 Å². The lowest BCUT2D eigenvalue weighted by atomic mass is 9.87. The summed E-state index contributed by atoms with van der Waals surface area (Å²) in [5.74, 6) is 0.899. The number of rotatable bonds is 5. The van der Waals surface area contributed by atoms with Crippen molar-refractivity contribution in [2.75, 3.05) is 33.0 Å². The number of likely N-dealkylation sites (tertiary alicyclic amines) is 2. The van der Waals surface area contributed by atoms with E-state index in [4.69, 9.17) is 9.47 Å². The smallest absolute Gasteiger partial charge is 0.253 e. The fraction of sp³-hybridized carbons (Fsp3) is 0.444. The quantitative estimate of drug-likeness (QED) is 0.715. The highest BCUT2D eigenvalue weighted by Crippen LogP contribution is 2.33. The zero-order chi connectivity index (χ0) is 24.2. The SMILES string of the molecule is O=C(N[C@H](C(=O)N1CCCCC1)C1CCN(C(=O)c2ccc3c(c2)OCO3)CC1)c1ccccc1. The Kier molecular flexibility index (Phi) is 6.88. The van der Waals surface area contributed by atoms with Gasteiger partial charge in [0, 0.05) is 37.3 Å². The average Bonchev–Trinajstić information content (AvgIpc) is 3.40. The van der Waals surface area contributed by atoms with Crippen molar-refractivity contribution in [1.82, 2.24) is 15.1 Å². The number of fused-ring (bicyclic) bond motifs is 1. The highest BCUT2D eigenvalue weighted by Gasteiger charge is 2.36. The van der Waals surface area contributed by atoms with Crippen molar-refractivity contribution in [2.45, 2.75) is 38.1 Å². The molecule has 0 radical (unpaired) electrons. The Morgan fingerprint density at radius 1 is 0.800 bits per heavy atom. The van der Waals surface area contributed by atoms with Gasteiger partial charge in [-0.3, -0.25) is 14.4 Å². The van der Waals surface area contributed by atoms with Crippen LogP contribution in [0.15, 0.2) is 48.5 Å². The molecule has 0 saturated carbocycles. The third kappa shape index (κ3) is 5.11. The van der Waals surface area contributed by atoms with Gasteiger partial charge in [-0.2, -0.15) is 0 Å². The maximum Gasteiger partial charge on any atom is 0.253 e. The van der Waals surface area contributed by atoms with Gasteiger partial charge in [0.1, 0.15) is 6.04 Å². The summed E-state index contributed by atoms with van der Waals surface area (Å²) in [5, 5.41) is 3.04. The predicted molar refractivity (Wildman–Crippen MR) is 129 cm³/mol. The lowest BCUT2D eigenvalue weighted by Crippen LogP contribution is -2.55. The van der Waals surface area contributed by atoms with Crippen LogP contribution >= 0.6 is 0 Å². The zero-order valence-corrected chi connectivity index (χ0v) is 19.8. The van der Waals surface area contributed by atoms with Crippen LogP contribution in [0.1, 0.15) is 52.8 Å². The predicted octanol–water partition coefficient (Wildman–Crippen LogP) is 3.08. The van der Waals surface area contributed by atoms with Gasteiger partial charge in [0.05, 0.1) is 0 Å². The van der Waals surface area contributed by atoms with E-state index >= 15 is 0 Å². The van der Waals surface area contributed by atoms with E-state index in [1.54, 1.807) is 30.3 Å². The number of piperidine rings is 2. The largest absolute Gasteiger partial charge is 0.454 e. The van der Waals surface area contributed by atoms with Crippen LogP contribution in [0.3, 0.4) is 0 Å². The van der Waals surface area contributed by atoms with Crippen LogP contribution in [0.2, 0.25) is 0 Å². The standard InChI is InChI=1S/C27H31N3O5/c31-25(20-7-3-1-4-8-20)28-24(27(33)29-13-5-2-6-14-29)19-11-15-30(16-12-19)26(32)21-9-10-22-23(17-21)35-18-34-22/h1,3-4,7-10,17,19,24H,2,5-6,11-16,18H2,(H,28,31)/t24-/m0/s1. The van der Waals surface area contributed by atoms with Crippen molar-refractivity contribution < 1.29 is 23.9 Å². The summed E-state index contributed by atoms with van der Waals surface area (Å²) >= 11 is 0. The molecule has 1 atom stereocenters. The van der Waals surface area contributed by atoms with Gasteiger partial charge in [-0.25, -0.2) is 0 Å². The molecule has 35 heavy (non-hydrogen) atoms. The number of amides is 3. The summed E-state index contributed by atoms with van der Waals surface area (Å²) in [6.45, 7) is 2.70. The Bertz CT molecular complexity index is 1080. The third-order valence-electron chi connectivity index (χ3n) is 7.17. The molecule has 3 amide bonds. The fourth-order valence-corrected chi connectivity index (χ4v) is 5.15. The second kappa shape index (κ2) is 10.4. The van der Waals surface area contributed by atoms with E-state index in [1.165, 1.54) is 0 Å². The highest BCUT2D eigenvalue weighted by molar-refractivity contribution is 5.98. The number of hydrogen-bond acceptors (Lipinski definition) is 5. The summed E-state index contributed by atoms with van der Waals surface area (Å²) < 4.78 is 10.7. The molecular weight excluding hydrogens is 446 g/mol. The molecule has 0 spiro atoms. The summed E-state index contributed by atoms with van der Waals surface area (Å²) in [4.78, 5) is 43.3. The van der Waals surface area contributed by atoms with E-state index in [1.807, 2.05) is 28.0 Å². The molecule has 184 valence electrons. The Balaban J connectivity index is 1.27. The van der Waals surface area contributed by atoms with E-state index in [9.17, 15) is 14.4 Å². The molecular formula is C27H31N3O5. The molecule has 0 unspecified atom stereocenters. The van der Waals surface area contributed by atoms with Crippen molar-refractivity contribution in [3.63, 3.8) is 0 Å². The number of carbonyl (C=O) groups is 3. The van der Waals surface area contributed by atoms with Gasteiger partial charge < -0.3 is 24.6 Å². The highest BCUT2D eigenvalue weighted by atomic mass is 16.7. The van der Waals surface area contributed by atoms with E-state index in [0.717, 1.165) is 32.4 Å². The molecule has 0 bridgehead atoms. The minimum absolute atomic E-state index is 0.00507. The first kappa shape index (κ1) is 23.2. The first-order valence-electron chi connectivity index (χ1n) is 12.4. The van der Waals surface area contributed by atoms with Crippen molar-refractivity contribution >= 4 is 17.7 Å². The first-order chi connectivity index (χ1) is 17.1. The minimum atomic E-state index is -0.594. The van der Waals surface area contributed by atoms with Gasteiger partial charge in [-0.15, -0.1) is 0 Å². The molecule has 0 aromatic heterocycles.